The number of esters is 1. The molecule has 3 rings (SSSR count). The van der Waals surface area contributed by atoms with Crippen LogP contribution in [-0.2, 0) is 9.53 Å². The molecule has 0 spiro atoms. The molecule has 5 heteroatoms. The molecular weight excluding hydrogens is 294 g/mol. The molecule has 1 amide bonds. The van der Waals surface area contributed by atoms with E-state index in [1.807, 2.05) is 18.2 Å². The summed E-state index contributed by atoms with van der Waals surface area (Å²) in [6.07, 6.45) is 1.19. The van der Waals surface area contributed by atoms with Crippen molar-refractivity contribution in [3.63, 3.8) is 0 Å². The molecule has 1 fully saturated rings. The Morgan fingerprint density at radius 1 is 1.26 bits per heavy atom. The minimum atomic E-state index is -0.802. The zero-order valence-electron chi connectivity index (χ0n) is 13.5. The van der Waals surface area contributed by atoms with Crippen molar-refractivity contribution in [3.8, 4) is 0 Å². The number of hydrogen-bond donors (Lipinski definition) is 0. The SMILES string of the molecule is CC1CCN(C(=O)[C@H](C)OC(=O)c2cc3ccccc3o2)CC1. The quantitative estimate of drug-likeness (QED) is 0.816. The van der Waals surface area contributed by atoms with Crippen molar-refractivity contribution in [2.75, 3.05) is 13.1 Å². The van der Waals surface area contributed by atoms with Gasteiger partial charge in [0.05, 0.1) is 0 Å². The average molecular weight is 315 g/mol. The number of para-hydroxylation sites is 1. The second-order valence-corrected chi connectivity index (χ2v) is 6.20. The molecule has 5 nitrogen and oxygen atoms in total. The maximum atomic E-state index is 12.4. The molecule has 1 aliphatic heterocycles. The summed E-state index contributed by atoms with van der Waals surface area (Å²) in [7, 11) is 0. The fraction of sp³-hybridized carbons (Fsp3) is 0.444. The van der Waals surface area contributed by atoms with Gasteiger partial charge in [-0.05, 0) is 37.8 Å². The Kier molecular flexibility index (Phi) is 4.37. The standard InChI is InChI=1S/C18H21NO4/c1-12-7-9-19(10-8-12)17(20)13(2)22-18(21)16-11-14-5-3-4-6-15(14)23-16/h3-6,11-13H,7-10H2,1-2H3/t13-/m0/s1. The van der Waals surface area contributed by atoms with Crippen molar-refractivity contribution in [2.24, 2.45) is 5.92 Å². The van der Waals surface area contributed by atoms with Crippen LogP contribution in [0.5, 0.6) is 0 Å². The third-order valence-corrected chi connectivity index (χ3v) is 4.35. The lowest BCUT2D eigenvalue weighted by molar-refractivity contribution is -0.141. The highest BCUT2D eigenvalue weighted by Gasteiger charge is 2.27. The molecule has 2 aromatic rings. The second-order valence-electron chi connectivity index (χ2n) is 6.20. The number of rotatable bonds is 3. The van der Waals surface area contributed by atoms with Crippen LogP contribution in [0, 0.1) is 5.92 Å². The molecule has 0 bridgehead atoms. The molecular formula is C18H21NO4. The van der Waals surface area contributed by atoms with E-state index in [9.17, 15) is 9.59 Å². The predicted molar refractivity (Wildman–Crippen MR) is 86.1 cm³/mol. The van der Waals surface area contributed by atoms with Gasteiger partial charge in [0.15, 0.2) is 6.10 Å². The van der Waals surface area contributed by atoms with Gasteiger partial charge in [-0.2, -0.15) is 0 Å². The molecule has 23 heavy (non-hydrogen) atoms. The number of amides is 1. The highest BCUT2D eigenvalue weighted by Crippen LogP contribution is 2.21. The summed E-state index contributed by atoms with van der Waals surface area (Å²) in [5, 5.41) is 0.837. The molecule has 1 aromatic heterocycles. The summed E-state index contributed by atoms with van der Waals surface area (Å²) in [4.78, 5) is 26.3. The first kappa shape index (κ1) is 15.6. The lowest BCUT2D eigenvalue weighted by Gasteiger charge is -2.31. The molecule has 0 N–H and O–H groups in total. The van der Waals surface area contributed by atoms with Crippen molar-refractivity contribution < 1.29 is 18.7 Å². The van der Waals surface area contributed by atoms with Crippen LogP contribution in [0.25, 0.3) is 11.0 Å². The number of hydrogen-bond acceptors (Lipinski definition) is 4. The fourth-order valence-electron chi connectivity index (χ4n) is 2.84. The van der Waals surface area contributed by atoms with E-state index in [2.05, 4.69) is 6.92 Å². The van der Waals surface area contributed by atoms with E-state index in [0.29, 0.717) is 11.5 Å². The van der Waals surface area contributed by atoms with Gasteiger partial charge in [0.2, 0.25) is 5.76 Å². The number of ether oxygens (including phenoxy) is 1. The first-order valence-corrected chi connectivity index (χ1v) is 8.03. The Morgan fingerprint density at radius 3 is 2.65 bits per heavy atom. The van der Waals surface area contributed by atoms with E-state index in [4.69, 9.17) is 9.15 Å². The average Bonchev–Trinajstić information content (AvgIpc) is 2.99. The fourth-order valence-corrected chi connectivity index (χ4v) is 2.84. The van der Waals surface area contributed by atoms with E-state index in [-0.39, 0.29) is 11.7 Å². The molecule has 122 valence electrons. The van der Waals surface area contributed by atoms with Crippen LogP contribution in [0.4, 0.5) is 0 Å². The lowest BCUT2D eigenvalue weighted by atomic mass is 9.99. The molecule has 2 heterocycles. The molecule has 0 saturated carbocycles. The van der Waals surface area contributed by atoms with Gasteiger partial charge in [0.1, 0.15) is 5.58 Å². The molecule has 0 unspecified atom stereocenters. The minimum Gasteiger partial charge on any atom is -0.449 e. The Labute approximate surface area is 135 Å². The van der Waals surface area contributed by atoms with Gasteiger partial charge in [-0.25, -0.2) is 4.79 Å². The van der Waals surface area contributed by atoms with Gasteiger partial charge < -0.3 is 14.1 Å². The number of carbonyl (C=O) groups excluding carboxylic acids is 2. The van der Waals surface area contributed by atoms with E-state index in [0.717, 1.165) is 31.3 Å². The number of piperidine rings is 1. The van der Waals surface area contributed by atoms with Crippen molar-refractivity contribution in [1.29, 1.82) is 0 Å². The Hall–Kier alpha value is -2.30. The maximum absolute atomic E-state index is 12.4. The van der Waals surface area contributed by atoms with Crippen LogP contribution in [0.3, 0.4) is 0 Å². The van der Waals surface area contributed by atoms with Gasteiger partial charge in [-0.1, -0.05) is 25.1 Å². The maximum Gasteiger partial charge on any atom is 0.375 e. The third kappa shape index (κ3) is 3.38. The predicted octanol–water partition coefficient (Wildman–Crippen LogP) is 3.24. The molecule has 1 aliphatic rings. The van der Waals surface area contributed by atoms with Crippen LogP contribution in [0.1, 0.15) is 37.2 Å². The molecule has 1 saturated heterocycles. The Bertz CT molecular complexity index is 680. The number of likely N-dealkylation sites (tertiary alicyclic amines) is 1. The van der Waals surface area contributed by atoms with Gasteiger partial charge >= 0.3 is 5.97 Å². The van der Waals surface area contributed by atoms with Crippen LogP contribution in [0.2, 0.25) is 0 Å². The number of fused-ring (bicyclic) bond motifs is 1. The monoisotopic (exact) mass is 315 g/mol. The lowest BCUT2D eigenvalue weighted by Crippen LogP contribution is -2.44. The number of benzene rings is 1. The van der Waals surface area contributed by atoms with Gasteiger partial charge in [-0.15, -0.1) is 0 Å². The molecule has 1 atom stereocenters. The van der Waals surface area contributed by atoms with Gasteiger partial charge in [0, 0.05) is 18.5 Å². The largest absolute Gasteiger partial charge is 0.449 e. The Morgan fingerprint density at radius 2 is 1.96 bits per heavy atom. The smallest absolute Gasteiger partial charge is 0.375 e. The topological polar surface area (TPSA) is 59.8 Å². The summed E-state index contributed by atoms with van der Waals surface area (Å²) in [5.74, 6) is 0.0272. The number of carbonyl (C=O) groups is 2. The highest BCUT2D eigenvalue weighted by molar-refractivity contribution is 5.94. The van der Waals surface area contributed by atoms with Crippen LogP contribution in [-0.4, -0.2) is 36.0 Å². The first-order chi connectivity index (χ1) is 11.0. The zero-order chi connectivity index (χ0) is 16.4. The molecule has 0 radical (unpaired) electrons. The van der Waals surface area contributed by atoms with Crippen molar-refractivity contribution in [2.45, 2.75) is 32.8 Å². The van der Waals surface area contributed by atoms with E-state index in [1.165, 1.54) is 0 Å². The molecule has 1 aromatic carbocycles. The highest BCUT2D eigenvalue weighted by atomic mass is 16.6. The van der Waals surface area contributed by atoms with Gasteiger partial charge in [0.25, 0.3) is 5.91 Å². The summed E-state index contributed by atoms with van der Waals surface area (Å²) in [5.41, 5.74) is 0.628. The molecule has 0 aliphatic carbocycles. The number of nitrogens with zero attached hydrogens (tertiary/aromatic N) is 1. The van der Waals surface area contributed by atoms with Crippen LogP contribution >= 0.6 is 0 Å². The van der Waals surface area contributed by atoms with E-state index >= 15 is 0 Å². The summed E-state index contributed by atoms with van der Waals surface area (Å²) in [6.45, 7) is 5.26. The normalized spacial score (nSPS) is 17.2. The second kappa shape index (κ2) is 6.44. The minimum absolute atomic E-state index is 0.123. The summed E-state index contributed by atoms with van der Waals surface area (Å²) < 4.78 is 10.8. The summed E-state index contributed by atoms with van der Waals surface area (Å²) >= 11 is 0. The van der Waals surface area contributed by atoms with E-state index < -0.39 is 12.1 Å². The Balaban J connectivity index is 1.63. The first-order valence-electron chi connectivity index (χ1n) is 8.03. The van der Waals surface area contributed by atoms with Crippen molar-refractivity contribution >= 4 is 22.8 Å². The summed E-state index contributed by atoms with van der Waals surface area (Å²) in [6, 6.07) is 8.99. The van der Waals surface area contributed by atoms with E-state index in [1.54, 1.807) is 24.0 Å². The van der Waals surface area contributed by atoms with Crippen LogP contribution < -0.4 is 0 Å². The number of furan rings is 1. The van der Waals surface area contributed by atoms with Crippen molar-refractivity contribution in [1.82, 2.24) is 4.90 Å². The third-order valence-electron chi connectivity index (χ3n) is 4.35. The zero-order valence-corrected chi connectivity index (χ0v) is 13.5. The van der Waals surface area contributed by atoms with Gasteiger partial charge in [-0.3, -0.25) is 4.79 Å². The van der Waals surface area contributed by atoms with Crippen molar-refractivity contribution in [3.05, 3.63) is 36.1 Å². The van der Waals surface area contributed by atoms with Crippen LogP contribution in [0.15, 0.2) is 34.7 Å².